The van der Waals surface area contributed by atoms with Gasteiger partial charge in [0, 0.05) is 84.8 Å². The Morgan fingerprint density at radius 3 is 1.96 bits per heavy atom. The molecule has 4 atom stereocenters. The number of aliphatic hydroxyl groups excluding tert-OH is 2. The topological polar surface area (TPSA) is 173 Å². The third-order valence-corrected chi connectivity index (χ3v) is 10.7. The first kappa shape index (κ1) is 38.9. The number of rotatable bonds is 14. The third-order valence-electron chi connectivity index (χ3n) is 10.7. The summed E-state index contributed by atoms with van der Waals surface area (Å²) >= 11 is 0. The van der Waals surface area contributed by atoms with Crippen LogP contribution in [-0.4, -0.2) is 90.7 Å². The summed E-state index contributed by atoms with van der Waals surface area (Å²) in [5, 5.41) is 33.5. The van der Waals surface area contributed by atoms with Crippen LogP contribution in [0, 0.1) is 13.8 Å². The smallest absolute Gasteiger partial charge is 0.220 e. The number of H-pyrrole nitrogens is 2. The molecule has 12 nitrogen and oxygen atoms in total. The molecule has 282 valence electrons. The fourth-order valence-corrected chi connectivity index (χ4v) is 7.60. The molecule has 8 N–H and O–H groups in total. The molecular weight excluding hydrogens is 660 g/mol. The number of aliphatic hydroxyl groups is 2. The maximum atomic E-state index is 12.7. The Morgan fingerprint density at radius 2 is 1.33 bits per heavy atom. The molecule has 0 fully saturated rings. The minimum Gasteiger partial charge on any atom is -0.395 e. The normalized spacial score (nSPS) is 22.6. The van der Waals surface area contributed by atoms with Gasteiger partial charge in [0.1, 0.15) is 0 Å². The molecule has 3 aliphatic rings. The van der Waals surface area contributed by atoms with Crippen molar-refractivity contribution in [2.75, 3.05) is 40.5 Å². The highest BCUT2D eigenvalue weighted by molar-refractivity contribution is 5.78. The predicted molar refractivity (Wildman–Crippen MR) is 204 cm³/mol. The number of methoxy groups -OCH3 is 2. The monoisotopic (exact) mass is 716 g/mol. The molecule has 4 unspecified atom stereocenters. The van der Waals surface area contributed by atoms with Crippen molar-refractivity contribution >= 4 is 36.1 Å². The molecule has 0 aromatic carbocycles. The lowest BCUT2D eigenvalue weighted by Crippen LogP contribution is -2.27. The van der Waals surface area contributed by atoms with Gasteiger partial charge in [-0.05, 0) is 112 Å². The van der Waals surface area contributed by atoms with Gasteiger partial charge in [-0.25, -0.2) is 0 Å². The minimum atomic E-state index is -0.164. The van der Waals surface area contributed by atoms with Crippen LogP contribution in [-0.2, 0) is 25.5 Å². The molecule has 5 heterocycles. The number of hydrogen-bond donors (Lipinski definition) is 8. The highest BCUT2D eigenvalue weighted by Gasteiger charge is 2.31. The van der Waals surface area contributed by atoms with Gasteiger partial charge in [0.25, 0.3) is 0 Å². The van der Waals surface area contributed by atoms with Gasteiger partial charge in [-0.2, -0.15) is 0 Å². The highest BCUT2D eigenvalue weighted by Crippen LogP contribution is 2.35. The standard InChI is InChI=1S/C40H56N6O6/c1-21-27(9-11-37(49)41-13-15-47)33-20-34-28(10-12-38(50)42-14-16-48)22(2)30(44-34)18-35-40(26(6)52-8)24(4)32(46-35)19-36-39(25(5)51-7)23(3)31(45-36)17-29(21)43-33/h17-20,25-26,29,32,43-48H,9-16H2,1-8H3,(H,41,49)(H,42,50)/b31-17-,33-20-,35-18-,36-19-. The number of nitrogens with one attached hydrogen (secondary N) is 6. The maximum absolute atomic E-state index is 12.7. The average Bonchev–Trinajstić information content (AvgIpc) is 3.80. The average molecular weight is 717 g/mol. The van der Waals surface area contributed by atoms with E-state index in [-0.39, 0.29) is 75.3 Å². The molecule has 2 aromatic rings. The zero-order chi connectivity index (χ0) is 37.7. The Balaban J connectivity index is 1.74. The SMILES string of the molecule is COC(C)C1=C(C)C2/C=c3\[nH]/c(c(C)c3C(C)OC)=C\C3N/C(=C\c4[nH]c(c(C)c4CCC(=O)NCCO)/C=C/1N2)C(CCC(=O)NCCO)=C3C. The fraction of sp³-hybridized carbons (Fsp3) is 0.500. The number of amides is 2. The van der Waals surface area contributed by atoms with Crippen LogP contribution in [0.1, 0.15) is 86.7 Å². The molecule has 0 aliphatic carbocycles. The van der Waals surface area contributed by atoms with E-state index in [2.05, 4.69) is 97.1 Å². The lowest BCUT2D eigenvalue weighted by atomic mass is 9.98. The Bertz CT molecular complexity index is 1930. The molecular formula is C40H56N6O6. The third kappa shape index (κ3) is 8.15. The second-order valence-electron chi connectivity index (χ2n) is 13.9. The number of allylic oxidation sites excluding steroid dienone is 1. The molecule has 3 aliphatic heterocycles. The number of carbonyl (C=O) groups is 2. The first-order valence-electron chi connectivity index (χ1n) is 18.2. The fourth-order valence-electron chi connectivity index (χ4n) is 7.60. The number of ether oxygens (including phenoxy) is 2. The van der Waals surface area contributed by atoms with Crippen LogP contribution in [0.15, 0.2) is 33.7 Å². The van der Waals surface area contributed by atoms with E-state index in [0.717, 1.165) is 72.5 Å². The molecule has 8 bridgehead atoms. The molecule has 5 rings (SSSR count). The number of hydrogen-bond acceptors (Lipinski definition) is 8. The zero-order valence-electron chi connectivity index (χ0n) is 31.8. The van der Waals surface area contributed by atoms with Crippen LogP contribution >= 0.6 is 0 Å². The Labute approximate surface area is 306 Å². The number of aromatic nitrogens is 2. The van der Waals surface area contributed by atoms with Crippen molar-refractivity contribution < 1.29 is 29.3 Å². The highest BCUT2D eigenvalue weighted by atomic mass is 16.5. The summed E-state index contributed by atoms with van der Waals surface area (Å²) in [4.78, 5) is 32.8. The zero-order valence-corrected chi connectivity index (χ0v) is 31.8. The van der Waals surface area contributed by atoms with Gasteiger partial charge in [0.05, 0.1) is 37.5 Å². The Hall–Kier alpha value is -4.36. The van der Waals surface area contributed by atoms with Crippen molar-refractivity contribution in [3.63, 3.8) is 0 Å². The van der Waals surface area contributed by atoms with E-state index in [1.165, 1.54) is 5.57 Å². The number of aromatic amines is 2. The largest absolute Gasteiger partial charge is 0.395 e. The molecule has 52 heavy (non-hydrogen) atoms. The second kappa shape index (κ2) is 17.0. The van der Waals surface area contributed by atoms with Crippen molar-refractivity contribution in [2.24, 2.45) is 0 Å². The van der Waals surface area contributed by atoms with Crippen molar-refractivity contribution in [3.8, 4) is 0 Å². The van der Waals surface area contributed by atoms with E-state index in [4.69, 9.17) is 9.47 Å². The molecule has 0 spiro atoms. The summed E-state index contributed by atoms with van der Waals surface area (Å²) in [6.07, 6.45) is 9.89. The quantitative estimate of drug-likeness (QED) is 0.147. The van der Waals surface area contributed by atoms with Crippen molar-refractivity contribution in [3.05, 3.63) is 78.0 Å². The van der Waals surface area contributed by atoms with Gasteiger partial charge < -0.3 is 50.9 Å². The first-order valence-corrected chi connectivity index (χ1v) is 18.2. The summed E-state index contributed by atoms with van der Waals surface area (Å²) < 4.78 is 11.8. The van der Waals surface area contributed by atoms with E-state index in [1.54, 1.807) is 14.2 Å². The van der Waals surface area contributed by atoms with E-state index in [0.29, 0.717) is 12.8 Å². The molecule has 2 aromatic heterocycles. The van der Waals surface area contributed by atoms with E-state index >= 15 is 0 Å². The van der Waals surface area contributed by atoms with Crippen molar-refractivity contribution in [1.82, 2.24) is 31.2 Å². The summed E-state index contributed by atoms with van der Waals surface area (Å²) in [5.41, 5.74) is 12.3. The van der Waals surface area contributed by atoms with Crippen LogP contribution < -0.4 is 32.0 Å². The Morgan fingerprint density at radius 1 is 0.750 bits per heavy atom. The van der Waals surface area contributed by atoms with E-state index in [1.807, 2.05) is 0 Å². The van der Waals surface area contributed by atoms with Crippen LogP contribution in [0.25, 0.3) is 24.3 Å². The predicted octanol–water partition coefficient (Wildman–Crippen LogP) is 2.16. The van der Waals surface area contributed by atoms with Crippen LogP contribution in [0.5, 0.6) is 0 Å². The molecule has 0 saturated carbocycles. The van der Waals surface area contributed by atoms with Gasteiger partial charge in [0.2, 0.25) is 11.8 Å². The lowest BCUT2D eigenvalue weighted by Gasteiger charge is -2.14. The van der Waals surface area contributed by atoms with Crippen LogP contribution in [0.2, 0.25) is 0 Å². The number of carbonyl (C=O) groups excluding carboxylic acids is 2. The van der Waals surface area contributed by atoms with Crippen molar-refractivity contribution in [1.29, 1.82) is 0 Å². The lowest BCUT2D eigenvalue weighted by molar-refractivity contribution is -0.122. The summed E-state index contributed by atoms with van der Waals surface area (Å²) in [7, 11) is 3.45. The molecule has 0 saturated heterocycles. The van der Waals surface area contributed by atoms with Gasteiger partial charge >= 0.3 is 0 Å². The first-order chi connectivity index (χ1) is 24.9. The number of fused-ring (bicyclic) bond motifs is 8. The maximum Gasteiger partial charge on any atom is 0.220 e. The van der Waals surface area contributed by atoms with Crippen LogP contribution in [0.4, 0.5) is 0 Å². The summed E-state index contributed by atoms with van der Waals surface area (Å²) in [5.74, 6) is -0.247. The van der Waals surface area contributed by atoms with Gasteiger partial charge in [-0.1, -0.05) is 0 Å². The Kier molecular flexibility index (Phi) is 12.7. The van der Waals surface area contributed by atoms with Gasteiger partial charge in [-0.3, -0.25) is 9.59 Å². The summed E-state index contributed by atoms with van der Waals surface area (Å²) in [6, 6.07) is -0.257. The van der Waals surface area contributed by atoms with E-state index < -0.39 is 0 Å². The molecule has 2 amide bonds. The van der Waals surface area contributed by atoms with Gasteiger partial charge in [0.15, 0.2) is 0 Å². The van der Waals surface area contributed by atoms with Crippen molar-refractivity contribution in [2.45, 2.75) is 91.5 Å². The molecule has 0 radical (unpaired) electrons. The molecule has 12 heteroatoms. The van der Waals surface area contributed by atoms with Gasteiger partial charge in [-0.15, -0.1) is 0 Å². The second-order valence-corrected chi connectivity index (χ2v) is 13.9. The van der Waals surface area contributed by atoms with E-state index in [9.17, 15) is 19.8 Å². The van der Waals surface area contributed by atoms with Crippen LogP contribution in [0.3, 0.4) is 0 Å². The minimum absolute atomic E-state index is 0.105. The summed E-state index contributed by atoms with van der Waals surface area (Å²) in [6.45, 7) is 12.8.